The van der Waals surface area contributed by atoms with Gasteiger partial charge >= 0.3 is 5.97 Å². The van der Waals surface area contributed by atoms with Crippen molar-refractivity contribution in [3.63, 3.8) is 0 Å². The smallest absolute Gasteiger partial charge is 0.307 e. The molecule has 1 rings (SSSR count). The number of esters is 1. The van der Waals surface area contributed by atoms with Crippen LogP contribution in [0.5, 0.6) is 0 Å². The SMILES string of the molecule is CCC(CC(=O)OC)Nc1c(F)cccc1F. The van der Waals surface area contributed by atoms with Crippen molar-refractivity contribution in [2.45, 2.75) is 25.8 Å². The molecule has 0 heterocycles. The van der Waals surface area contributed by atoms with Gasteiger partial charge in [0, 0.05) is 6.04 Å². The molecule has 0 radical (unpaired) electrons. The Labute approximate surface area is 98.8 Å². The zero-order chi connectivity index (χ0) is 12.8. The third kappa shape index (κ3) is 3.69. The van der Waals surface area contributed by atoms with E-state index in [4.69, 9.17) is 0 Å². The summed E-state index contributed by atoms with van der Waals surface area (Å²) in [6, 6.07) is 3.26. The van der Waals surface area contributed by atoms with Crippen LogP contribution in [-0.2, 0) is 9.53 Å². The molecule has 1 aromatic carbocycles. The van der Waals surface area contributed by atoms with E-state index in [1.807, 2.05) is 6.92 Å². The molecule has 0 amide bonds. The van der Waals surface area contributed by atoms with Crippen LogP contribution in [0.4, 0.5) is 14.5 Å². The van der Waals surface area contributed by atoms with Crippen LogP contribution < -0.4 is 5.32 Å². The van der Waals surface area contributed by atoms with Crippen LogP contribution in [-0.4, -0.2) is 19.1 Å². The van der Waals surface area contributed by atoms with Gasteiger partial charge in [-0.2, -0.15) is 0 Å². The summed E-state index contributed by atoms with van der Waals surface area (Å²) < 4.78 is 31.2. The molecule has 1 unspecified atom stereocenters. The summed E-state index contributed by atoms with van der Waals surface area (Å²) >= 11 is 0. The zero-order valence-corrected chi connectivity index (χ0v) is 9.80. The molecule has 0 bridgehead atoms. The van der Waals surface area contributed by atoms with Crippen LogP contribution in [0.25, 0.3) is 0 Å². The van der Waals surface area contributed by atoms with Crippen molar-refractivity contribution < 1.29 is 18.3 Å². The Kier molecular flexibility index (Phi) is 4.87. The van der Waals surface area contributed by atoms with Gasteiger partial charge < -0.3 is 10.1 Å². The standard InChI is InChI=1S/C12H15F2NO2/c1-3-8(7-11(16)17-2)15-12-9(13)5-4-6-10(12)14/h4-6,8,15H,3,7H2,1-2H3. The molecule has 0 spiro atoms. The highest BCUT2D eigenvalue weighted by molar-refractivity contribution is 5.70. The monoisotopic (exact) mass is 243 g/mol. The van der Waals surface area contributed by atoms with E-state index in [2.05, 4.69) is 10.1 Å². The second kappa shape index (κ2) is 6.18. The molecule has 0 fully saturated rings. The summed E-state index contributed by atoms with van der Waals surface area (Å²) in [7, 11) is 1.28. The fourth-order valence-electron chi connectivity index (χ4n) is 1.42. The van der Waals surface area contributed by atoms with E-state index in [1.54, 1.807) is 0 Å². The molecule has 0 aliphatic heterocycles. The molecule has 1 N–H and O–H groups in total. The van der Waals surface area contributed by atoms with Gasteiger partial charge in [-0.15, -0.1) is 0 Å². The van der Waals surface area contributed by atoms with Crippen molar-refractivity contribution in [1.29, 1.82) is 0 Å². The van der Waals surface area contributed by atoms with E-state index in [-0.39, 0.29) is 18.2 Å². The van der Waals surface area contributed by atoms with Crippen LogP contribution in [0.1, 0.15) is 19.8 Å². The number of hydrogen-bond donors (Lipinski definition) is 1. The van der Waals surface area contributed by atoms with Crippen molar-refractivity contribution >= 4 is 11.7 Å². The van der Waals surface area contributed by atoms with E-state index in [0.717, 1.165) is 12.1 Å². The largest absolute Gasteiger partial charge is 0.469 e. The van der Waals surface area contributed by atoms with E-state index in [9.17, 15) is 13.6 Å². The summed E-state index contributed by atoms with van der Waals surface area (Å²) in [6.07, 6.45) is 0.629. The lowest BCUT2D eigenvalue weighted by Crippen LogP contribution is -2.24. The van der Waals surface area contributed by atoms with Gasteiger partial charge in [-0.05, 0) is 18.6 Å². The number of hydrogen-bond acceptors (Lipinski definition) is 3. The predicted molar refractivity (Wildman–Crippen MR) is 60.7 cm³/mol. The lowest BCUT2D eigenvalue weighted by atomic mass is 10.1. The van der Waals surface area contributed by atoms with Crippen LogP contribution in [0.3, 0.4) is 0 Å². The fraction of sp³-hybridized carbons (Fsp3) is 0.417. The lowest BCUT2D eigenvalue weighted by Gasteiger charge is -2.17. The highest BCUT2D eigenvalue weighted by Crippen LogP contribution is 2.20. The average molecular weight is 243 g/mol. The van der Waals surface area contributed by atoms with Crippen molar-refractivity contribution in [2.24, 2.45) is 0 Å². The predicted octanol–water partition coefficient (Wildman–Crippen LogP) is 2.72. The molecule has 0 aliphatic rings. The molecule has 0 aliphatic carbocycles. The summed E-state index contributed by atoms with van der Waals surface area (Å²) in [4.78, 5) is 11.1. The molecular formula is C12H15F2NO2. The minimum atomic E-state index is -0.673. The quantitative estimate of drug-likeness (QED) is 0.808. The number of halogens is 2. The van der Waals surface area contributed by atoms with Gasteiger partial charge in [-0.3, -0.25) is 4.79 Å². The van der Waals surface area contributed by atoms with Gasteiger partial charge in [0.2, 0.25) is 0 Å². The molecule has 94 valence electrons. The number of nitrogens with one attached hydrogen (secondary N) is 1. The molecule has 0 aromatic heterocycles. The molecular weight excluding hydrogens is 228 g/mol. The first kappa shape index (κ1) is 13.4. The van der Waals surface area contributed by atoms with Crippen LogP contribution in [0, 0.1) is 11.6 Å². The van der Waals surface area contributed by atoms with Crippen LogP contribution in [0.15, 0.2) is 18.2 Å². The Bertz CT molecular complexity index is 376. The molecule has 0 saturated heterocycles. The minimum absolute atomic E-state index is 0.0702. The van der Waals surface area contributed by atoms with Gasteiger partial charge in [0.05, 0.1) is 13.5 Å². The van der Waals surface area contributed by atoms with Crippen molar-refractivity contribution in [3.8, 4) is 0 Å². The topological polar surface area (TPSA) is 38.3 Å². The lowest BCUT2D eigenvalue weighted by molar-refractivity contribution is -0.140. The van der Waals surface area contributed by atoms with Crippen LogP contribution >= 0.6 is 0 Å². The summed E-state index contributed by atoms with van der Waals surface area (Å²) in [5, 5.41) is 2.68. The highest BCUT2D eigenvalue weighted by Gasteiger charge is 2.16. The number of carbonyl (C=O) groups is 1. The number of ether oxygens (including phenoxy) is 1. The number of benzene rings is 1. The van der Waals surface area contributed by atoms with Crippen molar-refractivity contribution in [2.75, 3.05) is 12.4 Å². The molecule has 0 saturated carbocycles. The number of anilines is 1. The summed E-state index contributed by atoms with van der Waals surface area (Å²) in [6.45, 7) is 1.82. The van der Waals surface area contributed by atoms with Crippen molar-refractivity contribution in [3.05, 3.63) is 29.8 Å². The molecule has 1 atom stereocenters. The van der Waals surface area contributed by atoms with Gasteiger partial charge in [0.1, 0.15) is 17.3 Å². The van der Waals surface area contributed by atoms with E-state index in [0.29, 0.717) is 6.42 Å². The number of para-hydroxylation sites is 1. The van der Waals surface area contributed by atoms with Crippen molar-refractivity contribution in [1.82, 2.24) is 0 Å². The Morgan fingerprint density at radius 1 is 1.41 bits per heavy atom. The fourth-order valence-corrected chi connectivity index (χ4v) is 1.42. The number of rotatable bonds is 5. The van der Waals surface area contributed by atoms with Gasteiger partial charge in [-0.1, -0.05) is 13.0 Å². The Morgan fingerprint density at radius 3 is 2.47 bits per heavy atom. The maximum atomic E-state index is 13.3. The third-order valence-electron chi connectivity index (χ3n) is 2.44. The second-order valence-electron chi connectivity index (χ2n) is 3.63. The van der Waals surface area contributed by atoms with E-state index < -0.39 is 17.6 Å². The Balaban J connectivity index is 2.77. The summed E-state index contributed by atoms with van der Waals surface area (Å²) in [5.74, 6) is -1.76. The number of methoxy groups -OCH3 is 1. The minimum Gasteiger partial charge on any atom is -0.469 e. The zero-order valence-electron chi connectivity index (χ0n) is 9.80. The normalized spacial score (nSPS) is 12.0. The molecule has 1 aromatic rings. The first-order valence-corrected chi connectivity index (χ1v) is 5.35. The Hall–Kier alpha value is -1.65. The first-order chi connectivity index (χ1) is 8.08. The Morgan fingerprint density at radius 2 is 2.00 bits per heavy atom. The first-order valence-electron chi connectivity index (χ1n) is 5.35. The third-order valence-corrected chi connectivity index (χ3v) is 2.44. The maximum Gasteiger partial charge on any atom is 0.307 e. The van der Waals surface area contributed by atoms with E-state index in [1.165, 1.54) is 13.2 Å². The highest BCUT2D eigenvalue weighted by atomic mass is 19.1. The van der Waals surface area contributed by atoms with Gasteiger partial charge in [-0.25, -0.2) is 8.78 Å². The molecule has 3 nitrogen and oxygen atoms in total. The summed E-state index contributed by atoms with van der Waals surface area (Å²) in [5.41, 5.74) is -0.205. The average Bonchev–Trinajstić information content (AvgIpc) is 2.32. The number of carbonyl (C=O) groups excluding carboxylic acids is 1. The van der Waals surface area contributed by atoms with E-state index >= 15 is 0 Å². The maximum absolute atomic E-state index is 13.3. The molecule has 17 heavy (non-hydrogen) atoms. The van der Waals surface area contributed by atoms with Crippen LogP contribution in [0.2, 0.25) is 0 Å². The second-order valence-corrected chi connectivity index (χ2v) is 3.63. The van der Waals surface area contributed by atoms with Gasteiger partial charge in [0.25, 0.3) is 0 Å². The molecule has 5 heteroatoms. The van der Waals surface area contributed by atoms with Gasteiger partial charge in [0.15, 0.2) is 0 Å².